The molecule has 0 heterocycles. The molecule has 29 heavy (non-hydrogen) atoms. The number of urea groups is 1. The second-order valence-electron chi connectivity index (χ2n) is 6.32. The molecule has 0 aliphatic heterocycles. The van der Waals surface area contributed by atoms with Gasteiger partial charge in [0.25, 0.3) is 5.91 Å². The van der Waals surface area contributed by atoms with E-state index in [-0.39, 0.29) is 0 Å². The summed E-state index contributed by atoms with van der Waals surface area (Å²) in [7, 11) is 0. The van der Waals surface area contributed by atoms with Gasteiger partial charge in [-0.2, -0.15) is 11.8 Å². The molecule has 0 unspecified atom stereocenters. The number of primary amides is 1. The van der Waals surface area contributed by atoms with E-state index in [0.717, 1.165) is 11.1 Å². The zero-order valence-corrected chi connectivity index (χ0v) is 17.0. The van der Waals surface area contributed by atoms with E-state index in [1.807, 2.05) is 54.8 Å². The number of anilines is 1. The number of rotatable bonds is 10. The molecule has 0 radical (unpaired) electrons. The van der Waals surface area contributed by atoms with E-state index in [9.17, 15) is 14.4 Å². The van der Waals surface area contributed by atoms with Gasteiger partial charge in [0.05, 0.1) is 0 Å². The third-order valence-electron chi connectivity index (χ3n) is 4.09. The van der Waals surface area contributed by atoms with Gasteiger partial charge in [0.15, 0.2) is 6.61 Å². The number of hydrogen-bond donors (Lipinski definition) is 3. The van der Waals surface area contributed by atoms with Crippen molar-refractivity contribution in [2.45, 2.75) is 18.9 Å². The molecule has 3 amide bonds. The second-order valence-corrected chi connectivity index (χ2v) is 7.30. The molecule has 0 saturated heterocycles. The van der Waals surface area contributed by atoms with Crippen LogP contribution in [0.2, 0.25) is 0 Å². The van der Waals surface area contributed by atoms with Gasteiger partial charge in [-0.05, 0) is 42.0 Å². The smallest absolute Gasteiger partial charge is 0.329 e. The summed E-state index contributed by atoms with van der Waals surface area (Å²) < 4.78 is 5.06. The van der Waals surface area contributed by atoms with Gasteiger partial charge >= 0.3 is 12.0 Å². The highest BCUT2D eigenvalue weighted by molar-refractivity contribution is 7.98. The predicted molar refractivity (Wildman–Crippen MR) is 115 cm³/mol. The van der Waals surface area contributed by atoms with Crippen LogP contribution in [-0.4, -0.2) is 42.6 Å². The number of carbonyl (C=O) groups is 3. The molecule has 0 fully saturated rings. The van der Waals surface area contributed by atoms with Crippen LogP contribution >= 0.6 is 11.8 Å². The third kappa shape index (κ3) is 7.87. The van der Waals surface area contributed by atoms with Crippen LogP contribution in [-0.2, 0) is 20.7 Å². The van der Waals surface area contributed by atoms with Crippen LogP contribution in [0.4, 0.5) is 10.5 Å². The standard InChI is InChI=1S/C21H25N3O4S/c1-29-12-11-18(24-21(22)27)20(26)28-14-19(25)23-17-10-6-5-9-16(17)13-15-7-3-2-4-8-15/h2-10,18H,11-14H2,1H3,(H,23,25)(H3,22,24,27)/t18-/m1/s1. The summed E-state index contributed by atoms with van der Waals surface area (Å²) in [5, 5.41) is 5.12. The lowest BCUT2D eigenvalue weighted by molar-refractivity contribution is -0.149. The van der Waals surface area contributed by atoms with Crippen molar-refractivity contribution in [3.05, 3.63) is 65.7 Å². The van der Waals surface area contributed by atoms with E-state index in [4.69, 9.17) is 10.5 Å². The molecule has 0 aliphatic carbocycles. The molecular formula is C21H25N3O4S. The maximum Gasteiger partial charge on any atom is 0.329 e. The Bertz CT molecular complexity index is 830. The number of ether oxygens (including phenoxy) is 1. The summed E-state index contributed by atoms with van der Waals surface area (Å²) in [6, 6.07) is 15.7. The number of para-hydroxylation sites is 1. The molecule has 0 bridgehead atoms. The van der Waals surface area contributed by atoms with Crippen LogP contribution in [0.25, 0.3) is 0 Å². The Labute approximate surface area is 174 Å². The number of benzene rings is 2. The average molecular weight is 416 g/mol. The number of nitrogens with two attached hydrogens (primary N) is 1. The number of esters is 1. The normalized spacial score (nSPS) is 11.3. The first-order chi connectivity index (χ1) is 14.0. The number of nitrogens with one attached hydrogen (secondary N) is 2. The summed E-state index contributed by atoms with van der Waals surface area (Å²) >= 11 is 1.52. The number of thioether (sulfide) groups is 1. The monoisotopic (exact) mass is 415 g/mol. The highest BCUT2D eigenvalue weighted by Gasteiger charge is 2.22. The Balaban J connectivity index is 1.93. The summed E-state index contributed by atoms with van der Waals surface area (Å²) in [6.07, 6.45) is 2.91. The fourth-order valence-electron chi connectivity index (χ4n) is 2.69. The molecule has 154 valence electrons. The molecule has 1 atom stereocenters. The van der Waals surface area contributed by atoms with E-state index in [0.29, 0.717) is 24.3 Å². The minimum Gasteiger partial charge on any atom is -0.454 e. The zero-order chi connectivity index (χ0) is 21.1. The Morgan fingerprint density at radius 1 is 1.07 bits per heavy atom. The van der Waals surface area contributed by atoms with E-state index < -0.39 is 30.6 Å². The molecule has 8 heteroatoms. The molecular weight excluding hydrogens is 390 g/mol. The first-order valence-corrected chi connectivity index (χ1v) is 10.5. The van der Waals surface area contributed by atoms with E-state index in [1.54, 1.807) is 6.07 Å². The van der Waals surface area contributed by atoms with Crippen LogP contribution in [0.15, 0.2) is 54.6 Å². The summed E-state index contributed by atoms with van der Waals surface area (Å²) in [5.74, 6) is -0.508. The van der Waals surface area contributed by atoms with Gasteiger partial charge in [-0.15, -0.1) is 0 Å². The highest BCUT2D eigenvalue weighted by atomic mass is 32.2. The maximum absolute atomic E-state index is 12.3. The minimum absolute atomic E-state index is 0.366. The lowest BCUT2D eigenvalue weighted by Gasteiger charge is -2.16. The van der Waals surface area contributed by atoms with Crippen molar-refractivity contribution in [1.82, 2.24) is 5.32 Å². The molecule has 0 aromatic heterocycles. The van der Waals surface area contributed by atoms with Crippen molar-refractivity contribution in [2.24, 2.45) is 5.73 Å². The van der Waals surface area contributed by atoms with Gasteiger partial charge in [-0.3, -0.25) is 4.79 Å². The number of amides is 3. The van der Waals surface area contributed by atoms with E-state index in [1.165, 1.54) is 11.8 Å². The van der Waals surface area contributed by atoms with Crippen LogP contribution in [0.5, 0.6) is 0 Å². The summed E-state index contributed by atoms with van der Waals surface area (Å²) in [5.41, 5.74) is 7.83. The SMILES string of the molecule is CSCC[C@@H](NC(N)=O)C(=O)OCC(=O)Nc1ccccc1Cc1ccccc1. The predicted octanol–water partition coefficient (Wildman–Crippen LogP) is 2.55. The first-order valence-electron chi connectivity index (χ1n) is 9.13. The van der Waals surface area contributed by atoms with Gasteiger partial charge in [-0.25, -0.2) is 9.59 Å². The van der Waals surface area contributed by atoms with Crippen molar-refractivity contribution in [3.63, 3.8) is 0 Å². The van der Waals surface area contributed by atoms with E-state index >= 15 is 0 Å². The zero-order valence-electron chi connectivity index (χ0n) is 16.2. The lowest BCUT2D eigenvalue weighted by atomic mass is 10.0. The Kier molecular flexibility index (Phi) is 9.04. The van der Waals surface area contributed by atoms with Crippen LogP contribution < -0.4 is 16.4 Å². The molecule has 0 aliphatic rings. The maximum atomic E-state index is 12.3. The molecule has 2 aromatic rings. The van der Waals surface area contributed by atoms with Crippen molar-refractivity contribution in [2.75, 3.05) is 23.9 Å². The van der Waals surface area contributed by atoms with Crippen LogP contribution in [0.3, 0.4) is 0 Å². The van der Waals surface area contributed by atoms with Crippen molar-refractivity contribution in [1.29, 1.82) is 0 Å². The molecule has 4 N–H and O–H groups in total. The van der Waals surface area contributed by atoms with Gasteiger partial charge in [0, 0.05) is 5.69 Å². The Morgan fingerprint density at radius 2 is 1.76 bits per heavy atom. The number of carbonyl (C=O) groups excluding carboxylic acids is 3. The lowest BCUT2D eigenvalue weighted by Crippen LogP contribution is -2.45. The van der Waals surface area contributed by atoms with Gasteiger partial charge < -0.3 is 21.1 Å². The average Bonchev–Trinajstić information content (AvgIpc) is 2.71. The van der Waals surface area contributed by atoms with Gasteiger partial charge in [-0.1, -0.05) is 48.5 Å². The summed E-state index contributed by atoms with van der Waals surface area (Å²) in [6.45, 7) is -0.450. The van der Waals surface area contributed by atoms with Crippen LogP contribution in [0.1, 0.15) is 17.5 Å². The first kappa shape index (κ1) is 22.3. The van der Waals surface area contributed by atoms with E-state index in [2.05, 4.69) is 10.6 Å². The van der Waals surface area contributed by atoms with Gasteiger partial charge in [0.1, 0.15) is 6.04 Å². The largest absolute Gasteiger partial charge is 0.454 e. The van der Waals surface area contributed by atoms with Crippen molar-refractivity contribution >= 4 is 35.4 Å². The minimum atomic E-state index is -0.877. The summed E-state index contributed by atoms with van der Waals surface area (Å²) in [4.78, 5) is 35.5. The fraction of sp³-hybridized carbons (Fsp3) is 0.286. The fourth-order valence-corrected chi connectivity index (χ4v) is 3.16. The van der Waals surface area contributed by atoms with Crippen molar-refractivity contribution in [3.8, 4) is 0 Å². The second kappa shape index (κ2) is 11.8. The quantitative estimate of drug-likeness (QED) is 0.517. The van der Waals surface area contributed by atoms with Crippen LogP contribution in [0, 0.1) is 0 Å². The Hall–Kier alpha value is -3.00. The molecule has 2 rings (SSSR count). The highest BCUT2D eigenvalue weighted by Crippen LogP contribution is 2.19. The van der Waals surface area contributed by atoms with Crippen molar-refractivity contribution < 1.29 is 19.1 Å². The third-order valence-corrected chi connectivity index (χ3v) is 4.73. The van der Waals surface area contributed by atoms with Gasteiger partial charge in [0.2, 0.25) is 0 Å². The molecule has 2 aromatic carbocycles. The molecule has 0 spiro atoms. The number of hydrogen-bond acceptors (Lipinski definition) is 5. The molecule has 7 nitrogen and oxygen atoms in total. The Morgan fingerprint density at radius 3 is 2.45 bits per heavy atom. The molecule has 0 saturated carbocycles. The topological polar surface area (TPSA) is 111 Å².